The summed E-state index contributed by atoms with van der Waals surface area (Å²) in [6.45, 7) is 3.88. The highest BCUT2D eigenvalue weighted by molar-refractivity contribution is 9.10. The van der Waals surface area contributed by atoms with E-state index in [9.17, 15) is 9.18 Å². The van der Waals surface area contributed by atoms with E-state index >= 15 is 0 Å². The molecule has 0 bridgehead atoms. The van der Waals surface area contributed by atoms with Gasteiger partial charge < -0.3 is 0 Å². The Balaban J connectivity index is 2.76. The first-order valence-corrected chi connectivity index (χ1v) is 5.80. The second-order valence-electron chi connectivity index (χ2n) is 3.73. The molecule has 0 spiro atoms. The van der Waals surface area contributed by atoms with Crippen LogP contribution < -0.4 is 0 Å². The second-order valence-corrected chi connectivity index (χ2v) is 4.65. The summed E-state index contributed by atoms with van der Waals surface area (Å²) < 4.78 is 13.7. The van der Waals surface area contributed by atoms with Gasteiger partial charge in [-0.2, -0.15) is 0 Å². The monoisotopic (exact) mass is 272 g/mol. The molecule has 1 aromatic carbocycles. The van der Waals surface area contributed by atoms with Crippen LogP contribution in [0.2, 0.25) is 0 Å². The Morgan fingerprint density at radius 1 is 1.47 bits per heavy atom. The maximum Gasteiger partial charge on any atom is 0.140 e. The number of carbonyl (C=O) groups is 1. The van der Waals surface area contributed by atoms with Gasteiger partial charge >= 0.3 is 0 Å². The molecule has 0 heterocycles. The van der Waals surface area contributed by atoms with Gasteiger partial charge in [0.05, 0.1) is 0 Å². The molecule has 0 fully saturated rings. The van der Waals surface area contributed by atoms with E-state index < -0.39 is 0 Å². The van der Waals surface area contributed by atoms with E-state index in [0.717, 1.165) is 12.0 Å². The van der Waals surface area contributed by atoms with Gasteiger partial charge in [-0.3, -0.25) is 4.79 Å². The zero-order valence-corrected chi connectivity index (χ0v) is 10.5. The lowest BCUT2D eigenvalue weighted by molar-refractivity contribution is -0.121. The van der Waals surface area contributed by atoms with Crippen molar-refractivity contribution in [2.45, 2.75) is 26.7 Å². The van der Waals surface area contributed by atoms with E-state index in [1.807, 2.05) is 13.8 Å². The molecule has 3 heteroatoms. The lowest BCUT2D eigenvalue weighted by Crippen LogP contribution is -2.12. The SMILES string of the molecule is CCC(C)C(=O)Cc1cc(F)cc(Br)c1. The van der Waals surface area contributed by atoms with Crippen molar-refractivity contribution in [2.24, 2.45) is 5.92 Å². The van der Waals surface area contributed by atoms with E-state index in [2.05, 4.69) is 15.9 Å². The van der Waals surface area contributed by atoms with Gasteiger partial charge in [0.1, 0.15) is 11.6 Å². The quantitative estimate of drug-likeness (QED) is 0.816. The summed E-state index contributed by atoms with van der Waals surface area (Å²) in [6.07, 6.45) is 1.14. The highest BCUT2D eigenvalue weighted by Gasteiger charge is 2.11. The van der Waals surface area contributed by atoms with Crippen molar-refractivity contribution < 1.29 is 9.18 Å². The van der Waals surface area contributed by atoms with Gasteiger partial charge in [-0.15, -0.1) is 0 Å². The smallest absolute Gasteiger partial charge is 0.140 e. The molecule has 0 saturated carbocycles. The van der Waals surface area contributed by atoms with Crippen LogP contribution in [-0.4, -0.2) is 5.78 Å². The van der Waals surface area contributed by atoms with Crippen LogP contribution in [0, 0.1) is 11.7 Å². The number of hydrogen-bond donors (Lipinski definition) is 0. The standard InChI is InChI=1S/C12H14BrFO/c1-3-8(2)12(15)6-9-4-10(13)7-11(14)5-9/h4-5,7-8H,3,6H2,1-2H3. The predicted molar refractivity (Wildman–Crippen MR) is 62.3 cm³/mol. The lowest BCUT2D eigenvalue weighted by atomic mass is 9.97. The first kappa shape index (κ1) is 12.4. The molecule has 0 saturated heterocycles. The molecule has 0 radical (unpaired) electrons. The zero-order chi connectivity index (χ0) is 11.4. The van der Waals surface area contributed by atoms with Gasteiger partial charge in [0.15, 0.2) is 0 Å². The molecular weight excluding hydrogens is 259 g/mol. The average Bonchev–Trinajstić information content (AvgIpc) is 2.14. The van der Waals surface area contributed by atoms with Crippen molar-refractivity contribution in [3.05, 3.63) is 34.1 Å². The Morgan fingerprint density at radius 3 is 2.67 bits per heavy atom. The van der Waals surface area contributed by atoms with Gasteiger partial charge in [0, 0.05) is 16.8 Å². The van der Waals surface area contributed by atoms with Crippen molar-refractivity contribution >= 4 is 21.7 Å². The highest BCUT2D eigenvalue weighted by Crippen LogP contribution is 2.17. The third kappa shape index (κ3) is 3.74. The molecular formula is C12H14BrFO. The minimum absolute atomic E-state index is 0.0482. The van der Waals surface area contributed by atoms with E-state index in [1.165, 1.54) is 12.1 Å². The van der Waals surface area contributed by atoms with Crippen molar-refractivity contribution in [1.82, 2.24) is 0 Å². The Hall–Kier alpha value is -0.700. The number of benzene rings is 1. The molecule has 0 aromatic heterocycles. The third-order valence-electron chi connectivity index (χ3n) is 2.46. The van der Waals surface area contributed by atoms with Crippen LogP contribution in [0.25, 0.3) is 0 Å². The predicted octanol–water partition coefficient (Wildman–Crippen LogP) is 3.75. The van der Waals surface area contributed by atoms with Gasteiger partial charge in [-0.1, -0.05) is 29.8 Å². The molecule has 1 nitrogen and oxygen atoms in total. The third-order valence-corrected chi connectivity index (χ3v) is 2.92. The lowest BCUT2D eigenvalue weighted by Gasteiger charge is -2.07. The molecule has 0 N–H and O–H groups in total. The molecule has 1 unspecified atom stereocenters. The molecule has 0 aliphatic carbocycles. The van der Waals surface area contributed by atoms with E-state index in [-0.39, 0.29) is 17.5 Å². The Bertz CT molecular complexity index is 342. The Kier molecular flexibility index (Phi) is 4.45. The summed E-state index contributed by atoms with van der Waals surface area (Å²) in [5, 5.41) is 0. The number of rotatable bonds is 4. The summed E-state index contributed by atoms with van der Waals surface area (Å²) in [5.41, 5.74) is 0.729. The fourth-order valence-corrected chi connectivity index (χ4v) is 1.83. The van der Waals surface area contributed by atoms with E-state index in [1.54, 1.807) is 6.07 Å². The minimum Gasteiger partial charge on any atom is -0.299 e. The highest BCUT2D eigenvalue weighted by atomic mass is 79.9. The van der Waals surface area contributed by atoms with Crippen LogP contribution in [0.5, 0.6) is 0 Å². The van der Waals surface area contributed by atoms with E-state index in [4.69, 9.17) is 0 Å². The van der Waals surface area contributed by atoms with Crippen molar-refractivity contribution in [3.63, 3.8) is 0 Å². The van der Waals surface area contributed by atoms with Crippen molar-refractivity contribution in [2.75, 3.05) is 0 Å². The summed E-state index contributed by atoms with van der Waals surface area (Å²) in [7, 11) is 0. The number of ketones is 1. The van der Waals surface area contributed by atoms with Gasteiger partial charge in [-0.25, -0.2) is 4.39 Å². The van der Waals surface area contributed by atoms with Gasteiger partial charge in [-0.05, 0) is 30.2 Å². The molecule has 0 aliphatic rings. The summed E-state index contributed by atoms with van der Waals surface area (Å²) >= 11 is 3.21. The number of halogens is 2. The molecule has 1 aromatic rings. The summed E-state index contributed by atoms with van der Waals surface area (Å²) in [5.74, 6) is -0.0987. The van der Waals surface area contributed by atoms with Crippen molar-refractivity contribution in [3.8, 4) is 0 Å². The normalized spacial score (nSPS) is 12.5. The first-order valence-electron chi connectivity index (χ1n) is 5.00. The molecule has 0 amide bonds. The summed E-state index contributed by atoms with van der Waals surface area (Å²) in [6, 6.07) is 4.58. The Morgan fingerprint density at radius 2 is 2.13 bits per heavy atom. The van der Waals surface area contributed by atoms with Crippen LogP contribution >= 0.6 is 15.9 Å². The maximum absolute atomic E-state index is 13.0. The van der Waals surface area contributed by atoms with Gasteiger partial charge in [0.2, 0.25) is 0 Å². The molecule has 0 aliphatic heterocycles. The number of carbonyl (C=O) groups excluding carboxylic acids is 1. The van der Waals surface area contributed by atoms with E-state index in [0.29, 0.717) is 10.9 Å². The maximum atomic E-state index is 13.0. The number of hydrogen-bond acceptors (Lipinski definition) is 1. The largest absolute Gasteiger partial charge is 0.299 e. The second kappa shape index (κ2) is 5.40. The van der Waals surface area contributed by atoms with Crippen LogP contribution in [-0.2, 0) is 11.2 Å². The molecule has 15 heavy (non-hydrogen) atoms. The van der Waals surface area contributed by atoms with Gasteiger partial charge in [0.25, 0.3) is 0 Å². The average molecular weight is 273 g/mol. The topological polar surface area (TPSA) is 17.1 Å². The van der Waals surface area contributed by atoms with Crippen LogP contribution in [0.1, 0.15) is 25.8 Å². The minimum atomic E-state index is -0.309. The molecule has 82 valence electrons. The fraction of sp³-hybridized carbons (Fsp3) is 0.417. The van der Waals surface area contributed by atoms with Crippen molar-refractivity contribution in [1.29, 1.82) is 0 Å². The number of Topliss-reactive ketones (excluding diaryl/α,β-unsaturated/α-hetero) is 1. The zero-order valence-electron chi connectivity index (χ0n) is 8.89. The first-order chi connectivity index (χ1) is 7.02. The molecule has 1 rings (SSSR count). The summed E-state index contributed by atoms with van der Waals surface area (Å²) in [4.78, 5) is 11.6. The van der Waals surface area contributed by atoms with Crippen LogP contribution in [0.3, 0.4) is 0 Å². The molecule has 1 atom stereocenters. The Labute approximate surface area is 97.8 Å². The fourth-order valence-electron chi connectivity index (χ4n) is 1.32. The van der Waals surface area contributed by atoms with Crippen LogP contribution in [0.4, 0.5) is 4.39 Å². The van der Waals surface area contributed by atoms with Crippen LogP contribution in [0.15, 0.2) is 22.7 Å².